The summed E-state index contributed by atoms with van der Waals surface area (Å²) in [5, 5.41) is 0. The summed E-state index contributed by atoms with van der Waals surface area (Å²) in [7, 11) is 1.36. The van der Waals surface area contributed by atoms with E-state index in [0.717, 1.165) is 12.4 Å². The van der Waals surface area contributed by atoms with Crippen molar-refractivity contribution < 1.29 is 9.53 Å². The molecule has 19 heavy (non-hydrogen) atoms. The third kappa shape index (κ3) is 3.16. The molecule has 0 bridgehead atoms. The predicted molar refractivity (Wildman–Crippen MR) is 75.2 cm³/mol. The summed E-state index contributed by atoms with van der Waals surface area (Å²) >= 11 is 0. The van der Waals surface area contributed by atoms with Gasteiger partial charge in [-0.15, -0.1) is 0 Å². The Labute approximate surface area is 113 Å². The number of nitrogen functional groups attached to an aromatic ring is 1. The quantitative estimate of drug-likeness (QED) is 0.824. The molecule has 0 saturated heterocycles. The molecule has 1 heterocycles. The molecule has 1 aliphatic carbocycles. The van der Waals surface area contributed by atoms with Gasteiger partial charge in [-0.2, -0.15) is 0 Å². The van der Waals surface area contributed by atoms with Gasteiger partial charge in [0.1, 0.15) is 5.82 Å². The molecule has 0 unspecified atom stereocenters. The molecule has 1 aliphatic rings. The first-order chi connectivity index (χ1) is 9.02. The van der Waals surface area contributed by atoms with E-state index in [-0.39, 0.29) is 0 Å². The van der Waals surface area contributed by atoms with Gasteiger partial charge in [0.05, 0.1) is 24.6 Å². The Morgan fingerprint density at radius 1 is 1.58 bits per heavy atom. The van der Waals surface area contributed by atoms with Crippen LogP contribution in [0, 0.1) is 5.92 Å². The number of hydrogen-bond donors (Lipinski definition) is 1. The van der Waals surface area contributed by atoms with Crippen LogP contribution in [0.4, 0.5) is 11.5 Å². The first-order valence-corrected chi connectivity index (χ1v) is 6.63. The van der Waals surface area contributed by atoms with Crippen molar-refractivity contribution in [2.75, 3.05) is 24.3 Å². The van der Waals surface area contributed by atoms with Crippen LogP contribution in [0.15, 0.2) is 12.3 Å². The van der Waals surface area contributed by atoms with Crippen molar-refractivity contribution in [3.63, 3.8) is 0 Å². The van der Waals surface area contributed by atoms with Gasteiger partial charge in [-0.25, -0.2) is 9.78 Å². The molecule has 0 radical (unpaired) electrons. The Balaban J connectivity index is 2.29. The lowest BCUT2D eigenvalue weighted by molar-refractivity contribution is 0.0602. The fourth-order valence-electron chi connectivity index (χ4n) is 2.11. The number of methoxy groups -OCH3 is 1. The van der Waals surface area contributed by atoms with E-state index in [2.05, 4.69) is 23.7 Å². The van der Waals surface area contributed by atoms with E-state index in [1.165, 1.54) is 26.1 Å². The summed E-state index contributed by atoms with van der Waals surface area (Å²) in [5.74, 6) is 0.939. The van der Waals surface area contributed by atoms with Crippen molar-refractivity contribution in [1.82, 2.24) is 4.98 Å². The minimum Gasteiger partial charge on any atom is -0.465 e. The van der Waals surface area contributed by atoms with Crippen LogP contribution in [-0.4, -0.2) is 30.6 Å². The van der Waals surface area contributed by atoms with Gasteiger partial charge >= 0.3 is 5.97 Å². The molecule has 1 aromatic rings. The maximum Gasteiger partial charge on any atom is 0.340 e. The molecule has 1 fully saturated rings. The largest absolute Gasteiger partial charge is 0.465 e. The summed E-state index contributed by atoms with van der Waals surface area (Å²) in [4.78, 5) is 18.3. The van der Waals surface area contributed by atoms with Gasteiger partial charge in [-0.1, -0.05) is 13.8 Å². The summed E-state index contributed by atoms with van der Waals surface area (Å²) in [6, 6.07) is 2.28. The number of aromatic nitrogens is 1. The molecule has 2 N–H and O–H groups in total. The van der Waals surface area contributed by atoms with Crippen LogP contribution < -0.4 is 10.6 Å². The number of nitrogens with zero attached hydrogens (tertiary/aromatic N) is 2. The van der Waals surface area contributed by atoms with Crippen LogP contribution in [0.3, 0.4) is 0 Å². The fraction of sp³-hybridized carbons (Fsp3) is 0.571. The summed E-state index contributed by atoms with van der Waals surface area (Å²) in [6.07, 6.45) is 3.91. The van der Waals surface area contributed by atoms with E-state index in [0.29, 0.717) is 23.2 Å². The maximum atomic E-state index is 11.7. The van der Waals surface area contributed by atoms with Gasteiger partial charge < -0.3 is 15.4 Å². The van der Waals surface area contributed by atoms with Gasteiger partial charge in [0.25, 0.3) is 0 Å². The minimum atomic E-state index is -0.415. The number of esters is 1. The first-order valence-electron chi connectivity index (χ1n) is 6.63. The number of nitrogens with two attached hydrogens (primary N) is 1. The van der Waals surface area contributed by atoms with Crippen molar-refractivity contribution in [2.24, 2.45) is 5.92 Å². The lowest BCUT2D eigenvalue weighted by Gasteiger charge is -2.26. The standard InChI is InChI=1S/C14H21N3O2/c1-9(2)8-17(10-4-5-10)13-6-11(14(18)19-3)12(15)7-16-13/h6-7,9-10H,4-5,8,15H2,1-3H3. The molecule has 2 rings (SSSR count). The molecule has 0 atom stereocenters. The molecule has 1 saturated carbocycles. The van der Waals surface area contributed by atoms with E-state index in [1.54, 1.807) is 6.07 Å². The third-order valence-corrected chi connectivity index (χ3v) is 3.17. The second-order valence-corrected chi connectivity index (χ2v) is 5.40. The zero-order valence-corrected chi connectivity index (χ0v) is 11.7. The molecule has 0 amide bonds. The van der Waals surface area contributed by atoms with E-state index in [9.17, 15) is 4.79 Å². The molecule has 5 heteroatoms. The average Bonchev–Trinajstić information content (AvgIpc) is 3.20. The van der Waals surface area contributed by atoms with Crippen molar-refractivity contribution in [3.8, 4) is 0 Å². The second-order valence-electron chi connectivity index (χ2n) is 5.40. The number of ether oxygens (including phenoxy) is 1. The third-order valence-electron chi connectivity index (χ3n) is 3.17. The highest BCUT2D eigenvalue weighted by Crippen LogP contribution is 2.32. The van der Waals surface area contributed by atoms with Gasteiger partial charge in [0, 0.05) is 12.6 Å². The molecule has 0 aliphatic heterocycles. The highest BCUT2D eigenvalue weighted by atomic mass is 16.5. The van der Waals surface area contributed by atoms with Crippen LogP contribution in [0.1, 0.15) is 37.0 Å². The Morgan fingerprint density at radius 2 is 2.26 bits per heavy atom. The van der Waals surface area contributed by atoms with E-state index < -0.39 is 5.97 Å². The zero-order valence-electron chi connectivity index (χ0n) is 11.7. The molecule has 0 spiro atoms. The summed E-state index contributed by atoms with van der Waals surface area (Å²) in [6.45, 7) is 5.28. The lowest BCUT2D eigenvalue weighted by Crippen LogP contribution is -2.30. The van der Waals surface area contributed by atoms with Crippen molar-refractivity contribution >= 4 is 17.5 Å². The number of rotatable bonds is 5. The number of anilines is 2. The highest BCUT2D eigenvalue weighted by Gasteiger charge is 2.31. The van der Waals surface area contributed by atoms with Crippen molar-refractivity contribution in [3.05, 3.63) is 17.8 Å². The van der Waals surface area contributed by atoms with E-state index in [4.69, 9.17) is 10.5 Å². The Bertz CT molecular complexity index is 470. The fourth-order valence-corrected chi connectivity index (χ4v) is 2.11. The van der Waals surface area contributed by atoms with Crippen LogP contribution in [0.2, 0.25) is 0 Å². The lowest BCUT2D eigenvalue weighted by atomic mass is 10.2. The number of pyridine rings is 1. The van der Waals surface area contributed by atoms with Crippen molar-refractivity contribution in [2.45, 2.75) is 32.7 Å². The smallest absolute Gasteiger partial charge is 0.340 e. The summed E-state index contributed by atoms with van der Waals surface area (Å²) in [5.41, 5.74) is 6.53. The number of hydrogen-bond acceptors (Lipinski definition) is 5. The monoisotopic (exact) mass is 263 g/mol. The molecule has 5 nitrogen and oxygen atoms in total. The molecule has 104 valence electrons. The molecule has 0 aromatic carbocycles. The molecular formula is C14H21N3O2. The maximum absolute atomic E-state index is 11.7. The number of carbonyl (C=O) groups excluding carboxylic acids is 1. The zero-order chi connectivity index (χ0) is 14.0. The SMILES string of the molecule is COC(=O)c1cc(N(CC(C)C)C2CC2)ncc1N. The summed E-state index contributed by atoms with van der Waals surface area (Å²) < 4.78 is 4.74. The van der Waals surface area contributed by atoms with Crippen LogP contribution in [0.5, 0.6) is 0 Å². The van der Waals surface area contributed by atoms with E-state index in [1.807, 2.05) is 0 Å². The van der Waals surface area contributed by atoms with Gasteiger partial charge in [0.15, 0.2) is 0 Å². The molecular weight excluding hydrogens is 242 g/mol. The highest BCUT2D eigenvalue weighted by molar-refractivity contribution is 5.95. The first kappa shape index (κ1) is 13.6. The average molecular weight is 263 g/mol. The Kier molecular flexibility index (Phi) is 3.93. The van der Waals surface area contributed by atoms with Crippen LogP contribution >= 0.6 is 0 Å². The van der Waals surface area contributed by atoms with Gasteiger partial charge in [-0.05, 0) is 24.8 Å². The topological polar surface area (TPSA) is 68.5 Å². The second kappa shape index (κ2) is 5.47. The van der Waals surface area contributed by atoms with Crippen molar-refractivity contribution in [1.29, 1.82) is 0 Å². The number of carbonyl (C=O) groups is 1. The Morgan fingerprint density at radius 3 is 2.79 bits per heavy atom. The molecule has 1 aromatic heterocycles. The minimum absolute atomic E-state index is 0.357. The van der Waals surface area contributed by atoms with Crippen LogP contribution in [0.25, 0.3) is 0 Å². The van der Waals surface area contributed by atoms with Gasteiger partial charge in [-0.3, -0.25) is 0 Å². The van der Waals surface area contributed by atoms with E-state index >= 15 is 0 Å². The van der Waals surface area contributed by atoms with Crippen LogP contribution in [-0.2, 0) is 4.74 Å². The normalized spacial score (nSPS) is 14.5. The Hall–Kier alpha value is -1.78. The predicted octanol–water partition coefficient (Wildman–Crippen LogP) is 2.08. The van der Waals surface area contributed by atoms with Gasteiger partial charge in [0.2, 0.25) is 0 Å².